The number of aromatic nitrogens is 2. The summed E-state index contributed by atoms with van der Waals surface area (Å²) >= 11 is 5.41. The Labute approximate surface area is 175 Å². The van der Waals surface area contributed by atoms with Crippen LogP contribution in [0.4, 0.5) is 4.39 Å². The molecule has 0 fully saturated rings. The van der Waals surface area contributed by atoms with Crippen LogP contribution in [0.3, 0.4) is 0 Å². The van der Waals surface area contributed by atoms with Crippen molar-refractivity contribution in [2.45, 2.75) is 31.7 Å². The average Bonchev–Trinajstić information content (AvgIpc) is 2.93. The van der Waals surface area contributed by atoms with Gasteiger partial charge in [0.1, 0.15) is 5.83 Å². The fourth-order valence-electron chi connectivity index (χ4n) is 3.43. The van der Waals surface area contributed by atoms with Crippen LogP contribution in [-0.4, -0.2) is 30.8 Å². The molecule has 0 aliphatic heterocycles. The first-order chi connectivity index (χ1) is 13.7. The molecule has 0 aliphatic rings. The minimum absolute atomic E-state index is 0.0958. The van der Waals surface area contributed by atoms with Crippen molar-refractivity contribution in [2.24, 2.45) is 0 Å². The van der Waals surface area contributed by atoms with Crippen LogP contribution >= 0.6 is 11.8 Å². The van der Waals surface area contributed by atoms with E-state index in [0.717, 1.165) is 33.4 Å². The first-order valence-electron chi connectivity index (χ1n) is 9.12. The third kappa shape index (κ3) is 4.69. The highest BCUT2D eigenvalue weighted by Gasteiger charge is 2.17. The smallest absolute Gasteiger partial charge is 0.175 e. The fraction of sp³-hybridized carbons (Fsp3) is 0.286. The van der Waals surface area contributed by atoms with Crippen LogP contribution in [0.15, 0.2) is 53.3 Å². The van der Waals surface area contributed by atoms with Gasteiger partial charge in [-0.05, 0) is 67.1 Å². The zero-order valence-corrected chi connectivity index (χ0v) is 18.1. The number of aryl methyl sites for hydroxylation is 1. The van der Waals surface area contributed by atoms with Crippen molar-refractivity contribution in [1.82, 2.24) is 14.4 Å². The minimum atomic E-state index is -3.25. The molecule has 0 saturated heterocycles. The Morgan fingerprint density at radius 1 is 1.31 bits per heavy atom. The predicted molar refractivity (Wildman–Crippen MR) is 115 cm³/mol. The molecule has 0 radical (unpaired) electrons. The SMILES string of the molecule is Cc1cc(S(C)(=O)=O)ccc1Cc1c(C)n(C/C(F)=C/CNCl)c2cccnc12. The lowest BCUT2D eigenvalue weighted by atomic mass is 10.00. The molecule has 3 rings (SSSR count). The Balaban J connectivity index is 2.04. The summed E-state index contributed by atoms with van der Waals surface area (Å²) in [6.07, 6.45) is 4.91. The maximum Gasteiger partial charge on any atom is 0.175 e. The Bertz CT molecular complexity index is 1190. The van der Waals surface area contributed by atoms with Gasteiger partial charge in [0.05, 0.1) is 22.5 Å². The topological polar surface area (TPSA) is 64.0 Å². The molecule has 0 amide bonds. The van der Waals surface area contributed by atoms with E-state index in [9.17, 15) is 12.8 Å². The predicted octanol–water partition coefficient (Wildman–Crippen LogP) is 4.24. The number of allylic oxidation sites excluding steroid dienone is 1. The van der Waals surface area contributed by atoms with Gasteiger partial charge in [0.15, 0.2) is 9.84 Å². The molecule has 2 heterocycles. The minimum Gasteiger partial charge on any atom is -0.336 e. The second-order valence-corrected chi connectivity index (χ2v) is 9.33. The maximum absolute atomic E-state index is 14.3. The summed E-state index contributed by atoms with van der Waals surface area (Å²) in [5.74, 6) is -0.290. The highest BCUT2D eigenvalue weighted by atomic mass is 35.5. The number of fused-ring (bicyclic) bond motifs is 1. The van der Waals surface area contributed by atoms with Crippen molar-refractivity contribution in [3.8, 4) is 0 Å². The third-order valence-corrected chi connectivity index (χ3v) is 6.29. The van der Waals surface area contributed by atoms with E-state index in [2.05, 4.69) is 9.82 Å². The first-order valence-corrected chi connectivity index (χ1v) is 11.4. The van der Waals surface area contributed by atoms with Crippen LogP contribution in [0.25, 0.3) is 11.0 Å². The van der Waals surface area contributed by atoms with Gasteiger partial charge < -0.3 is 4.57 Å². The second-order valence-electron chi connectivity index (χ2n) is 7.05. The summed E-state index contributed by atoms with van der Waals surface area (Å²) in [5.41, 5.74) is 5.50. The Hall–Kier alpha value is -2.22. The summed E-state index contributed by atoms with van der Waals surface area (Å²) in [4.78, 5) is 7.21. The Morgan fingerprint density at radius 3 is 2.72 bits per heavy atom. The summed E-state index contributed by atoms with van der Waals surface area (Å²) in [7, 11) is -3.25. The molecule has 0 saturated carbocycles. The molecular formula is C21H23ClFN3O2S. The average molecular weight is 436 g/mol. The summed E-state index contributed by atoms with van der Waals surface area (Å²) in [6.45, 7) is 4.18. The van der Waals surface area contributed by atoms with Crippen molar-refractivity contribution in [3.63, 3.8) is 0 Å². The monoisotopic (exact) mass is 435 g/mol. The number of rotatable bonds is 7. The normalized spacial score (nSPS) is 12.7. The van der Waals surface area contributed by atoms with E-state index in [4.69, 9.17) is 11.8 Å². The van der Waals surface area contributed by atoms with E-state index in [1.807, 2.05) is 36.6 Å². The zero-order chi connectivity index (χ0) is 21.2. The molecule has 0 spiro atoms. The number of halogens is 2. The van der Waals surface area contributed by atoms with Gasteiger partial charge in [-0.25, -0.2) is 17.6 Å². The lowest BCUT2D eigenvalue weighted by molar-refractivity contribution is 0.554. The van der Waals surface area contributed by atoms with Crippen LogP contribution in [0.1, 0.15) is 22.4 Å². The van der Waals surface area contributed by atoms with Gasteiger partial charge in [0.25, 0.3) is 0 Å². The van der Waals surface area contributed by atoms with Gasteiger partial charge in [-0.15, -0.1) is 0 Å². The summed E-state index contributed by atoms with van der Waals surface area (Å²) in [5, 5.41) is 0. The molecule has 8 heteroatoms. The fourth-order valence-corrected chi connectivity index (χ4v) is 4.21. The van der Waals surface area contributed by atoms with Crippen LogP contribution in [0, 0.1) is 13.8 Å². The molecular weight excluding hydrogens is 413 g/mol. The van der Waals surface area contributed by atoms with Gasteiger partial charge in [-0.2, -0.15) is 0 Å². The van der Waals surface area contributed by atoms with Crippen LogP contribution in [-0.2, 0) is 22.8 Å². The van der Waals surface area contributed by atoms with Crippen molar-refractivity contribution >= 4 is 32.6 Å². The van der Waals surface area contributed by atoms with Gasteiger partial charge in [-0.3, -0.25) is 4.98 Å². The van der Waals surface area contributed by atoms with Gasteiger partial charge in [0.2, 0.25) is 0 Å². The third-order valence-electron chi connectivity index (χ3n) is 5.02. The largest absolute Gasteiger partial charge is 0.336 e. The van der Waals surface area contributed by atoms with E-state index in [-0.39, 0.29) is 18.9 Å². The van der Waals surface area contributed by atoms with Crippen LogP contribution in [0.2, 0.25) is 0 Å². The van der Waals surface area contributed by atoms with E-state index < -0.39 is 9.84 Å². The van der Waals surface area contributed by atoms with Crippen molar-refractivity contribution in [3.05, 3.63) is 70.8 Å². The van der Waals surface area contributed by atoms with E-state index in [1.54, 1.807) is 18.3 Å². The Kier molecular flexibility index (Phi) is 6.41. The number of sulfone groups is 1. The van der Waals surface area contributed by atoms with Gasteiger partial charge >= 0.3 is 0 Å². The quantitative estimate of drug-likeness (QED) is 0.563. The Morgan fingerprint density at radius 2 is 2.07 bits per heavy atom. The standard InChI is InChI=1S/C21H23ClFN3O2S/c1-14-11-18(29(3,27)28)7-6-16(14)12-19-15(2)26(13-17(23)8-10-25-22)20-5-4-9-24-21(19)20/h4-9,11,25H,10,12-13H2,1-3H3/b17-8-. The van der Waals surface area contributed by atoms with Gasteiger partial charge in [-0.1, -0.05) is 6.07 Å². The van der Waals surface area contributed by atoms with E-state index in [0.29, 0.717) is 11.3 Å². The van der Waals surface area contributed by atoms with Crippen LogP contribution in [0.5, 0.6) is 0 Å². The molecule has 2 aromatic heterocycles. The lowest BCUT2D eigenvalue weighted by Gasteiger charge is -2.10. The number of hydrogen-bond donors (Lipinski definition) is 1. The first kappa shape index (κ1) is 21.5. The highest BCUT2D eigenvalue weighted by Crippen LogP contribution is 2.29. The highest BCUT2D eigenvalue weighted by molar-refractivity contribution is 7.90. The molecule has 0 aliphatic carbocycles. The zero-order valence-electron chi connectivity index (χ0n) is 16.5. The summed E-state index contributed by atoms with van der Waals surface area (Å²) < 4.78 is 39.8. The van der Waals surface area contributed by atoms with Crippen molar-refractivity contribution in [1.29, 1.82) is 0 Å². The van der Waals surface area contributed by atoms with E-state index >= 15 is 0 Å². The van der Waals surface area contributed by atoms with Gasteiger partial charge in [0, 0.05) is 36.7 Å². The maximum atomic E-state index is 14.3. The molecule has 1 N–H and O–H groups in total. The number of pyridine rings is 1. The molecule has 1 aromatic carbocycles. The second kappa shape index (κ2) is 8.65. The molecule has 0 unspecified atom stereocenters. The van der Waals surface area contributed by atoms with Crippen molar-refractivity contribution < 1.29 is 12.8 Å². The molecule has 0 atom stereocenters. The van der Waals surface area contributed by atoms with Crippen LogP contribution < -0.4 is 4.84 Å². The molecule has 29 heavy (non-hydrogen) atoms. The molecule has 3 aromatic rings. The van der Waals surface area contributed by atoms with E-state index in [1.165, 1.54) is 12.3 Å². The lowest BCUT2D eigenvalue weighted by Crippen LogP contribution is -2.04. The number of hydrogen-bond acceptors (Lipinski definition) is 4. The molecule has 0 bridgehead atoms. The summed E-state index contributed by atoms with van der Waals surface area (Å²) in [6, 6.07) is 8.90. The molecule has 154 valence electrons. The number of nitrogens with zero attached hydrogens (tertiary/aromatic N) is 2. The number of benzene rings is 1. The molecule has 5 nitrogen and oxygen atoms in total. The number of nitrogens with one attached hydrogen (secondary N) is 1. The van der Waals surface area contributed by atoms with Crippen molar-refractivity contribution in [2.75, 3.05) is 12.8 Å².